The second-order valence-corrected chi connectivity index (χ2v) is 4.37. The molecule has 1 rings (SSSR count). The van der Waals surface area contributed by atoms with Crippen molar-refractivity contribution in [2.75, 3.05) is 39.5 Å². The summed E-state index contributed by atoms with van der Waals surface area (Å²) in [7, 11) is 0. The van der Waals surface area contributed by atoms with Gasteiger partial charge in [0.05, 0.1) is 19.8 Å². The van der Waals surface area contributed by atoms with Crippen LogP contribution in [0, 0.1) is 0 Å². The predicted octanol–water partition coefficient (Wildman–Crippen LogP) is 0.298. The summed E-state index contributed by atoms with van der Waals surface area (Å²) in [6, 6.07) is -0.734. The Labute approximate surface area is 112 Å². The zero-order valence-corrected chi connectivity index (χ0v) is 11.3. The van der Waals surface area contributed by atoms with Gasteiger partial charge < -0.3 is 19.9 Å². The molecule has 1 saturated heterocycles. The molecule has 1 heterocycles. The van der Waals surface area contributed by atoms with Gasteiger partial charge in [-0.1, -0.05) is 13.3 Å². The van der Waals surface area contributed by atoms with E-state index in [9.17, 15) is 14.7 Å². The minimum Gasteiger partial charge on any atom is -0.480 e. The number of ether oxygens (including phenoxy) is 2. The summed E-state index contributed by atoms with van der Waals surface area (Å²) in [5, 5.41) is 11.7. The molecule has 0 aliphatic carbocycles. The minimum atomic E-state index is -0.948. The fourth-order valence-corrected chi connectivity index (χ4v) is 1.80. The van der Waals surface area contributed by atoms with Gasteiger partial charge in [0.2, 0.25) is 0 Å². The van der Waals surface area contributed by atoms with Gasteiger partial charge in [0.1, 0.15) is 6.04 Å². The van der Waals surface area contributed by atoms with E-state index < -0.39 is 18.1 Å². The Morgan fingerprint density at radius 2 is 2.11 bits per heavy atom. The van der Waals surface area contributed by atoms with Crippen LogP contribution >= 0.6 is 0 Å². The van der Waals surface area contributed by atoms with E-state index in [0.29, 0.717) is 32.9 Å². The van der Waals surface area contributed by atoms with Crippen molar-refractivity contribution in [2.24, 2.45) is 0 Å². The fourth-order valence-electron chi connectivity index (χ4n) is 1.80. The van der Waals surface area contributed by atoms with Crippen LogP contribution in [0.4, 0.5) is 4.79 Å². The number of hydrogen-bond acceptors (Lipinski definition) is 5. The first-order valence-electron chi connectivity index (χ1n) is 6.60. The van der Waals surface area contributed by atoms with Gasteiger partial charge >= 0.3 is 12.1 Å². The summed E-state index contributed by atoms with van der Waals surface area (Å²) in [5.74, 6) is -0.948. The van der Waals surface area contributed by atoms with E-state index in [-0.39, 0.29) is 6.54 Å². The topological polar surface area (TPSA) is 88.1 Å². The number of rotatable bonds is 7. The molecule has 0 bridgehead atoms. The molecule has 1 unspecified atom stereocenters. The van der Waals surface area contributed by atoms with Crippen LogP contribution in [0.15, 0.2) is 0 Å². The molecule has 1 aliphatic rings. The number of amides is 1. The van der Waals surface area contributed by atoms with Gasteiger partial charge in [-0.05, 0) is 6.42 Å². The molecule has 1 atom stereocenters. The van der Waals surface area contributed by atoms with E-state index in [1.54, 1.807) is 4.90 Å². The van der Waals surface area contributed by atoms with Crippen LogP contribution in [0.3, 0.4) is 0 Å². The number of carboxylic acids is 1. The lowest BCUT2D eigenvalue weighted by Gasteiger charge is -2.31. The first-order chi connectivity index (χ1) is 9.15. The summed E-state index contributed by atoms with van der Waals surface area (Å²) in [6.45, 7) is 4.56. The zero-order chi connectivity index (χ0) is 14.1. The molecule has 19 heavy (non-hydrogen) atoms. The molecular formula is C12H22N2O5. The van der Waals surface area contributed by atoms with E-state index >= 15 is 0 Å². The lowest BCUT2D eigenvalue weighted by atomic mass is 10.2. The molecule has 0 radical (unpaired) electrons. The van der Waals surface area contributed by atoms with Gasteiger partial charge in [-0.3, -0.25) is 9.69 Å². The van der Waals surface area contributed by atoms with E-state index in [2.05, 4.69) is 5.32 Å². The van der Waals surface area contributed by atoms with Gasteiger partial charge in [0.15, 0.2) is 0 Å². The van der Waals surface area contributed by atoms with Crippen molar-refractivity contribution >= 4 is 12.1 Å². The fraction of sp³-hybridized carbons (Fsp3) is 0.833. The molecule has 1 amide bonds. The van der Waals surface area contributed by atoms with Crippen molar-refractivity contribution in [3.05, 3.63) is 0 Å². The third-order valence-corrected chi connectivity index (χ3v) is 2.94. The van der Waals surface area contributed by atoms with Crippen LogP contribution in [0.25, 0.3) is 0 Å². The largest absolute Gasteiger partial charge is 0.480 e. The van der Waals surface area contributed by atoms with Crippen molar-refractivity contribution in [1.82, 2.24) is 10.2 Å². The molecule has 0 aromatic heterocycles. The first-order valence-corrected chi connectivity index (χ1v) is 6.60. The highest BCUT2D eigenvalue weighted by Gasteiger charge is 2.27. The van der Waals surface area contributed by atoms with E-state index in [4.69, 9.17) is 9.47 Å². The number of carbonyl (C=O) groups is 2. The van der Waals surface area contributed by atoms with Crippen LogP contribution < -0.4 is 5.32 Å². The average molecular weight is 274 g/mol. The van der Waals surface area contributed by atoms with Gasteiger partial charge in [0, 0.05) is 19.6 Å². The van der Waals surface area contributed by atoms with Crippen LogP contribution in [0.5, 0.6) is 0 Å². The van der Waals surface area contributed by atoms with Crippen LogP contribution in [0.1, 0.15) is 19.8 Å². The van der Waals surface area contributed by atoms with E-state index in [1.165, 1.54) is 0 Å². The number of nitrogens with one attached hydrogen (secondary N) is 1. The Kier molecular flexibility index (Phi) is 7.20. The number of unbranched alkanes of at least 4 members (excludes halogenated alkanes) is 1. The van der Waals surface area contributed by atoms with E-state index in [0.717, 1.165) is 12.8 Å². The van der Waals surface area contributed by atoms with Gasteiger partial charge in [-0.25, -0.2) is 4.79 Å². The molecule has 110 valence electrons. The first kappa shape index (κ1) is 15.7. The Balaban J connectivity index is 2.32. The lowest BCUT2D eigenvalue weighted by Crippen LogP contribution is -2.52. The second kappa shape index (κ2) is 8.71. The zero-order valence-electron chi connectivity index (χ0n) is 11.3. The van der Waals surface area contributed by atoms with E-state index in [1.807, 2.05) is 6.92 Å². The Morgan fingerprint density at radius 3 is 2.68 bits per heavy atom. The molecular weight excluding hydrogens is 252 g/mol. The summed E-state index contributed by atoms with van der Waals surface area (Å²) < 4.78 is 10.1. The standard InChI is InChI=1S/C12H22N2O5/c1-2-3-6-19-12(17)13-9-10(11(15)16)14-4-7-18-8-5-14/h10H,2-9H2,1H3,(H,13,17)(H,15,16). The molecule has 7 heteroatoms. The number of morpholine rings is 1. The molecule has 1 aliphatic heterocycles. The van der Waals surface area contributed by atoms with Crippen LogP contribution in [-0.4, -0.2) is 67.6 Å². The van der Waals surface area contributed by atoms with Gasteiger partial charge in [0.25, 0.3) is 0 Å². The smallest absolute Gasteiger partial charge is 0.407 e. The summed E-state index contributed by atoms with van der Waals surface area (Å²) in [4.78, 5) is 24.3. The Bertz CT molecular complexity index is 292. The normalized spacial score (nSPS) is 17.7. The molecule has 0 saturated carbocycles. The van der Waals surface area contributed by atoms with Crippen molar-refractivity contribution in [3.8, 4) is 0 Å². The molecule has 7 nitrogen and oxygen atoms in total. The lowest BCUT2D eigenvalue weighted by molar-refractivity contribution is -0.144. The van der Waals surface area contributed by atoms with Crippen LogP contribution in [-0.2, 0) is 14.3 Å². The number of alkyl carbamates (subject to hydrolysis) is 1. The highest BCUT2D eigenvalue weighted by atomic mass is 16.5. The van der Waals surface area contributed by atoms with Crippen molar-refractivity contribution in [3.63, 3.8) is 0 Å². The highest BCUT2D eigenvalue weighted by Crippen LogP contribution is 2.04. The summed E-state index contributed by atoms with van der Waals surface area (Å²) in [5.41, 5.74) is 0. The maximum Gasteiger partial charge on any atom is 0.407 e. The number of carboxylic acid groups (broad SMARTS) is 1. The number of carbonyl (C=O) groups excluding carboxylic acids is 1. The SMILES string of the molecule is CCCCOC(=O)NCC(C(=O)O)N1CCOCC1. The molecule has 0 aromatic carbocycles. The van der Waals surface area contributed by atoms with Crippen molar-refractivity contribution in [2.45, 2.75) is 25.8 Å². The third kappa shape index (κ3) is 5.89. The average Bonchev–Trinajstić information content (AvgIpc) is 2.40. The van der Waals surface area contributed by atoms with Crippen molar-refractivity contribution in [1.29, 1.82) is 0 Å². The maximum atomic E-state index is 11.4. The number of aliphatic carboxylic acids is 1. The number of nitrogens with zero attached hydrogens (tertiary/aromatic N) is 1. The van der Waals surface area contributed by atoms with Gasteiger partial charge in [-0.2, -0.15) is 0 Å². The second-order valence-electron chi connectivity index (χ2n) is 4.37. The minimum absolute atomic E-state index is 0.0420. The molecule has 2 N–H and O–H groups in total. The summed E-state index contributed by atoms with van der Waals surface area (Å²) >= 11 is 0. The number of hydrogen-bond donors (Lipinski definition) is 2. The summed E-state index contributed by atoms with van der Waals surface area (Å²) in [6.07, 6.45) is 1.19. The highest BCUT2D eigenvalue weighted by molar-refractivity contribution is 5.75. The predicted molar refractivity (Wildman–Crippen MR) is 68.1 cm³/mol. The Morgan fingerprint density at radius 1 is 1.42 bits per heavy atom. The quantitative estimate of drug-likeness (QED) is 0.649. The Hall–Kier alpha value is -1.34. The molecule has 0 spiro atoms. The van der Waals surface area contributed by atoms with Crippen molar-refractivity contribution < 1.29 is 24.2 Å². The maximum absolute atomic E-state index is 11.4. The van der Waals surface area contributed by atoms with Crippen LogP contribution in [0.2, 0.25) is 0 Å². The monoisotopic (exact) mass is 274 g/mol. The molecule has 1 fully saturated rings. The molecule has 0 aromatic rings. The third-order valence-electron chi connectivity index (χ3n) is 2.94. The van der Waals surface area contributed by atoms with Gasteiger partial charge in [-0.15, -0.1) is 0 Å².